The summed E-state index contributed by atoms with van der Waals surface area (Å²) in [5, 5.41) is 2.81. The predicted octanol–water partition coefficient (Wildman–Crippen LogP) is 1.32. The Kier molecular flexibility index (Phi) is 3.96. The van der Waals surface area contributed by atoms with Crippen molar-refractivity contribution in [1.29, 1.82) is 0 Å². The van der Waals surface area contributed by atoms with Crippen molar-refractivity contribution in [1.82, 2.24) is 10.2 Å². The van der Waals surface area contributed by atoms with E-state index in [4.69, 9.17) is 0 Å². The van der Waals surface area contributed by atoms with Gasteiger partial charge in [-0.05, 0) is 18.8 Å². The lowest BCUT2D eigenvalue weighted by atomic mass is 9.84. The van der Waals surface area contributed by atoms with Gasteiger partial charge in [-0.15, -0.1) is 6.58 Å². The lowest BCUT2D eigenvalue weighted by Gasteiger charge is -2.42. The third-order valence-electron chi connectivity index (χ3n) is 3.10. The van der Waals surface area contributed by atoms with Gasteiger partial charge in [0.15, 0.2) is 0 Å². The molecule has 2 atom stereocenters. The van der Waals surface area contributed by atoms with Crippen molar-refractivity contribution in [3.8, 4) is 0 Å². The molecule has 1 fully saturated rings. The van der Waals surface area contributed by atoms with E-state index < -0.39 is 6.04 Å². The topological polar surface area (TPSA) is 49.4 Å². The zero-order valence-corrected chi connectivity index (χ0v) is 11.1. The van der Waals surface area contributed by atoms with Crippen molar-refractivity contribution in [3.05, 3.63) is 12.7 Å². The molecule has 4 nitrogen and oxygen atoms in total. The van der Waals surface area contributed by atoms with E-state index in [1.807, 2.05) is 20.8 Å². The summed E-state index contributed by atoms with van der Waals surface area (Å²) in [5.41, 5.74) is -0.265. The molecule has 1 aliphatic rings. The second-order valence-corrected chi connectivity index (χ2v) is 5.59. The Morgan fingerprint density at radius 2 is 2.00 bits per heavy atom. The van der Waals surface area contributed by atoms with Crippen molar-refractivity contribution < 1.29 is 9.59 Å². The van der Waals surface area contributed by atoms with Crippen LogP contribution < -0.4 is 5.32 Å². The van der Waals surface area contributed by atoms with Crippen molar-refractivity contribution in [2.45, 2.75) is 46.2 Å². The Bertz CT molecular complexity index is 331. The molecule has 1 aliphatic heterocycles. The monoisotopic (exact) mass is 238 g/mol. The van der Waals surface area contributed by atoms with Gasteiger partial charge in [-0.25, -0.2) is 0 Å². The first-order chi connectivity index (χ1) is 7.79. The lowest BCUT2D eigenvalue weighted by Crippen LogP contribution is -2.65. The summed E-state index contributed by atoms with van der Waals surface area (Å²) in [7, 11) is 0. The van der Waals surface area contributed by atoms with Crippen molar-refractivity contribution in [3.63, 3.8) is 0 Å². The molecular formula is C13H22N2O2. The van der Waals surface area contributed by atoms with E-state index in [-0.39, 0.29) is 23.3 Å². The lowest BCUT2D eigenvalue weighted by molar-refractivity contribution is -0.151. The van der Waals surface area contributed by atoms with Gasteiger partial charge in [-0.1, -0.05) is 26.8 Å². The minimum Gasteiger partial charge on any atom is -0.342 e. The fourth-order valence-corrected chi connectivity index (χ4v) is 1.94. The fraction of sp³-hybridized carbons (Fsp3) is 0.692. The Morgan fingerprint density at radius 1 is 1.41 bits per heavy atom. The number of hydrogen-bond acceptors (Lipinski definition) is 2. The van der Waals surface area contributed by atoms with Gasteiger partial charge in [0.25, 0.3) is 0 Å². The second kappa shape index (κ2) is 4.90. The van der Waals surface area contributed by atoms with E-state index in [0.29, 0.717) is 13.0 Å². The van der Waals surface area contributed by atoms with Crippen LogP contribution in [-0.4, -0.2) is 35.3 Å². The van der Waals surface area contributed by atoms with Gasteiger partial charge >= 0.3 is 0 Å². The molecular weight excluding hydrogens is 216 g/mol. The molecule has 0 aromatic carbocycles. The number of amides is 2. The van der Waals surface area contributed by atoms with E-state index >= 15 is 0 Å². The molecule has 0 bridgehead atoms. The van der Waals surface area contributed by atoms with Crippen molar-refractivity contribution in [2.75, 3.05) is 6.54 Å². The van der Waals surface area contributed by atoms with Gasteiger partial charge in [-0.2, -0.15) is 0 Å². The second-order valence-electron chi connectivity index (χ2n) is 5.59. The highest BCUT2D eigenvalue weighted by atomic mass is 16.2. The van der Waals surface area contributed by atoms with Crippen LogP contribution >= 0.6 is 0 Å². The molecule has 1 heterocycles. The first-order valence-corrected chi connectivity index (χ1v) is 6.00. The molecule has 2 unspecified atom stereocenters. The zero-order chi connectivity index (χ0) is 13.2. The first kappa shape index (κ1) is 13.7. The summed E-state index contributed by atoms with van der Waals surface area (Å²) in [6.45, 7) is 11.8. The number of nitrogens with zero attached hydrogens (tertiary/aromatic N) is 1. The summed E-state index contributed by atoms with van der Waals surface area (Å²) >= 11 is 0. The molecule has 0 spiro atoms. The normalized spacial score (nSPS) is 25.8. The maximum Gasteiger partial charge on any atom is 0.246 e. The number of rotatable bonds is 3. The molecule has 0 saturated carbocycles. The maximum absolute atomic E-state index is 12.3. The van der Waals surface area contributed by atoms with E-state index in [0.717, 1.165) is 0 Å². The third-order valence-corrected chi connectivity index (χ3v) is 3.10. The van der Waals surface area contributed by atoms with Crippen LogP contribution in [0, 0.1) is 5.41 Å². The van der Waals surface area contributed by atoms with Gasteiger partial charge < -0.3 is 10.2 Å². The molecule has 4 heteroatoms. The molecule has 0 aliphatic carbocycles. The van der Waals surface area contributed by atoms with Crippen LogP contribution in [0.25, 0.3) is 0 Å². The molecule has 0 aromatic rings. The molecule has 1 saturated heterocycles. The standard InChI is InChI=1S/C13H22N2O2/c1-6-7-8-15-9(2)11(16)14-10(12(15)17)13(3,4)5/h6,9-10H,1,7-8H2,2-5H3,(H,14,16). The van der Waals surface area contributed by atoms with Crippen LogP contribution in [0.2, 0.25) is 0 Å². The van der Waals surface area contributed by atoms with Gasteiger partial charge in [0, 0.05) is 6.54 Å². The first-order valence-electron chi connectivity index (χ1n) is 6.00. The highest BCUT2D eigenvalue weighted by Crippen LogP contribution is 2.25. The van der Waals surface area contributed by atoms with Crippen molar-refractivity contribution in [2.24, 2.45) is 5.41 Å². The highest BCUT2D eigenvalue weighted by molar-refractivity contribution is 5.97. The zero-order valence-electron chi connectivity index (χ0n) is 11.1. The smallest absolute Gasteiger partial charge is 0.246 e. The van der Waals surface area contributed by atoms with Crippen LogP contribution in [-0.2, 0) is 9.59 Å². The quantitative estimate of drug-likeness (QED) is 0.754. The molecule has 2 amide bonds. The minimum atomic E-state index is -0.434. The molecule has 0 radical (unpaired) electrons. The number of carbonyl (C=O) groups is 2. The molecule has 1 rings (SSSR count). The van der Waals surface area contributed by atoms with Crippen molar-refractivity contribution >= 4 is 11.8 Å². The predicted molar refractivity (Wildman–Crippen MR) is 67.4 cm³/mol. The van der Waals surface area contributed by atoms with Gasteiger partial charge in [0.05, 0.1) is 0 Å². The maximum atomic E-state index is 12.3. The number of piperazine rings is 1. The van der Waals surface area contributed by atoms with E-state index in [1.54, 1.807) is 17.9 Å². The van der Waals surface area contributed by atoms with Gasteiger partial charge in [0.2, 0.25) is 11.8 Å². The molecule has 0 aromatic heterocycles. The van der Waals surface area contributed by atoms with Crippen LogP contribution in [0.1, 0.15) is 34.1 Å². The average molecular weight is 238 g/mol. The van der Waals surface area contributed by atoms with Crippen LogP contribution in [0.3, 0.4) is 0 Å². The Hall–Kier alpha value is -1.32. The summed E-state index contributed by atoms with van der Waals surface area (Å²) in [6, 6.07) is -0.822. The van der Waals surface area contributed by atoms with Crippen LogP contribution in [0.4, 0.5) is 0 Å². The highest BCUT2D eigenvalue weighted by Gasteiger charge is 2.42. The number of nitrogens with one attached hydrogen (secondary N) is 1. The van der Waals surface area contributed by atoms with E-state index in [9.17, 15) is 9.59 Å². The minimum absolute atomic E-state index is 0.00597. The molecule has 1 N–H and O–H groups in total. The van der Waals surface area contributed by atoms with E-state index in [2.05, 4.69) is 11.9 Å². The SMILES string of the molecule is C=CCCN1C(=O)C(C(C)(C)C)NC(=O)C1C. The summed E-state index contributed by atoms with van der Waals surface area (Å²) in [5.74, 6) is -0.0694. The van der Waals surface area contributed by atoms with E-state index in [1.165, 1.54) is 0 Å². The van der Waals surface area contributed by atoms with Gasteiger partial charge in [0.1, 0.15) is 12.1 Å². The molecule has 17 heavy (non-hydrogen) atoms. The Labute approximate surface area is 103 Å². The summed E-state index contributed by atoms with van der Waals surface area (Å²) < 4.78 is 0. The Morgan fingerprint density at radius 3 is 2.47 bits per heavy atom. The number of hydrogen-bond donors (Lipinski definition) is 1. The average Bonchev–Trinajstić information content (AvgIpc) is 2.22. The number of carbonyl (C=O) groups excluding carboxylic acids is 2. The Balaban J connectivity index is 2.91. The third kappa shape index (κ3) is 2.87. The summed E-state index contributed by atoms with van der Waals surface area (Å²) in [6.07, 6.45) is 2.47. The van der Waals surface area contributed by atoms with Crippen LogP contribution in [0.5, 0.6) is 0 Å². The molecule has 96 valence electrons. The summed E-state index contributed by atoms with van der Waals surface area (Å²) in [4.78, 5) is 25.8. The fourth-order valence-electron chi connectivity index (χ4n) is 1.94. The van der Waals surface area contributed by atoms with Gasteiger partial charge in [-0.3, -0.25) is 9.59 Å². The van der Waals surface area contributed by atoms with Crippen LogP contribution in [0.15, 0.2) is 12.7 Å². The largest absolute Gasteiger partial charge is 0.342 e.